The molecule has 1 atom stereocenters. The van der Waals surface area contributed by atoms with Crippen molar-refractivity contribution in [3.05, 3.63) is 51.7 Å². The van der Waals surface area contributed by atoms with E-state index in [-0.39, 0.29) is 11.7 Å². The molecule has 104 valence electrons. The van der Waals surface area contributed by atoms with E-state index in [1.807, 2.05) is 0 Å². The predicted molar refractivity (Wildman–Crippen MR) is 78.3 cm³/mol. The van der Waals surface area contributed by atoms with E-state index in [1.165, 1.54) is 11.3 Å². The van der Waals surface area contributed by atoms with Crippen LogP contribution in [0.4, 0.5) is 0 Å². The maximum atomic E-state index is 11.9. The highest BCUT2D eigenvalue weighted by molar-refractivity contribution is 7.12. The zero-order valence-corrected chi connectivity index (χ0v) is 12.2. The van der Waals surface area contributed by atoms with Crippen molar-refractivity contribution in [1.82, 2.24) is 5.32 Å². The van der Waals surface area contributed by atoms with Crippen molar-refractivity contribution in [1.29, 1.82) is 0 Å². The lowest BCUT2D eigenvalue weighted by molar-refractivity contribution is -0.136. The molecule has 1 amide bonds. The van der Waals surface area contributed by atoms with Crippen molar-refractivity contribution in [2.24, 2.45) is 0 Å². The smallest absolute Gasteiger partial charge is 0.333 e. The first-order valence-corrected chi connectivity index (χ1v) is 7.14. The fourth-order valence-electron chi connectivity index (χ4n) is 1.46. The van der Waals surface area contributed by atoms with Crippen molar-refractivity contribution in [3.8, 4) is 5.75 Å². The summed E-state index contributed by atoms with van der Waals surface area (Å²) in [6, 6.07) is 9.36. The summed E-state index contributed by atoms with van der Waals surface area (Å²) in [6.45, 7) is 1.56. The quantitative estimate of drug-likeness (QED) is 0.697. The summed E-state index contributed by atoms with van der Waals surface area (Å²) in [5, 5.41) is 4.71. The van der Waals surface area contributed by atoms with Gasteiger partial charge in [-0.1, -0.05) is 29.8 Å². The summed E-state index contributed by atoms with van der Waals surface area (Å²) in [6.07, 6.45) is 0. The number of carbonyl (C=O) groups is 2. The number of amides is 1. The van der Waals surface area contributed by atoms with E-state index in [0.717, 1.165) is 0 Å². The largest absolute Gasteiger partial charge is 0.423 e. The van der Waals surface area contributed by atoms with Gasteiger partial charge in [0.1, 0.15) is 11.8 Å². The van der Waals surface area contributed by atoms with E-state index in [9.17, 15) is 9.59 Å². The Bertz CT molecular complexity index is 613. The predicted octanol–water partition coefficient (Wildman–Crippen LogP) is 3.13. The molecule has 0 saturated carbocycles. The van der Waals surface area contributed by atoms with E-state index in [1.54, 1.807) is 48.7 Å². The highest BCUT2D eigenvalue weighted by Gasteiger charge is 2.19. The van der Waals surface area contributed by atoms with Crippen LogP contribution in [0.2, 0.25) is 5.02 Å². The number of halogens is 1. The lowest BCUT2D eigenvalue weighted by Crippen LogP contribution is -2.40. The molecule has 0 bridgehead atoms. The molecule has 1 heterocycles. The Balaban J connectivity index is 1.96. The molecule has 1 aromatic heterocycles. The average molecular weight is 310 g/mol. The van der Waals surface area contributed by atoms with E-state index in [4.69, 9.17) is 16.3 Å². The van der Waals surface area contributed by atoms with Crippen molar-refractivity contribution in [2.75, 3.05) is 0 Å². The fraction of sp³-hybridized carbons (Fsp3) is 0.143. The molecule has 0 spiro atoms. The zero-order valence-electron chi connectivity index (χ0n) is 10.6. The number of esters is 1. The second-order valence-electron chi connectivity index (χ2n) is 4.02. The maximum absolute atomic E-state index is 11.9. The molecule has 2 aromatic rings. The lowest BCUT2D eigenvalue weighted by atomic mass is 10.3. The minimum Gasteiger partial charge on any atom is -0.423 e. The number of benzene rings is 1. The van der Waals surface area contributed by atoms with E-state index in [0.29, 0.717) is 9.90 Å². The SMILES string of the molecule is CC(NC(=O)c1cccs1)C(=O)Oc1ccccc1Cl. The number of para-hydroxylation sites is 1. The first-order chi connectivity index (χ1) is 9.58. The summed E-state index contributed by atoms with van der Waals surface area (Å²) in [5.74, 6) is -0.594. The van der Waals surface area contributed by atoms with Gasteiger partial charge in [0.25, 0.3) is 5.91 Å². The van der Waals surface area contributed by atoms with Crippen LogP contribution in [-0.2, 0) is 4.79 Å². The zero-order chi connectivity index (χ0) is 14.5. The van der Waals surface area contributed by atoms with Gasteiger partial charge in [0.15, 0.2) is 0 Å². The van der Waals surface area contributed by atoms with Crippen LogP contribution in [0.1, 0.15) is 16.6 Å². The number of carbonyl (C=O) groups excluding carboxylic acids is 2. The summed E-state index contributed by atoms with van der Waals surface area (Å²) in [7, 11) is 0. The standard InChI is InChI=1S/C14H12ClNO3S/c1-9(16-13(17)12-7-4-8-20-12)14(18)19-11-6-3-2-5-10(11)15/h2-9H,1H3,(H,16,17). The summed E-state index contributed by atoms with van der Waals surface area (Å²) in [4.78, 5) is 24.2. The summed E-state index contributed by atoms with van der Waals surface area (Å²) in [5.41, 5.74) is 0. The number of rotatable bonds is 4. The molecule has 1 N–H and O–H groups in total. The van der Waals surface area contributed by atoms with Gasteiger partial charge in [0.05, 0.1) is 9.90 Å². The van der Waals surface area contributed by atoms with Crippen molar-refractivity contribution >= 4 is 34.8 Å². The fourth-order valence-corrected chi connectivity index (χ4v) is 2.26. The topological polar surface area (TPSA) is 55.4 Å². The van der Waals surface area contributed by atoms with Crippen LogP contribution in [0.5, 0.6) is 5.75 Å². The van der Waals surface area contributed by atoms with Gasteiger partial charge in [-0.25, -0.2) is 4.79 Å². The highest BCUT2D eigenvalue weighted by Crippen LogP contribution is 2.23. The Morgan fingerprint density at radius 2 is 2.00 bits per heavy atom. The minimum absolute atomic E-state index is 0.274. The lowest BCUT2D eigenvalue weighted by Gasteiger charge is -2.13. The molecule has 2 rings (SSSR count). The van der Waals surface area contributed by atoms with Crippen LogP contribution < -0.4 is 10.1 Å². The molecule has 0 radical (unpaired) electrons. The highest BCUT2D eigenvalue weighted by atomic mass is 35.5. The van der Waals surface area contributed by atoms with E-state index < -0.39 is 12.0 Å². The Hall–Kier alpha value is -1.85. The van der Waals surface area contributed by atoms with Gasteiger partial charge in [-0.15, -0.1) is 11.3 Å². The number of hydrogen-bond donors (Lipinski definition) is 1. The molecule has 20 heavy (non-hydrogen) atoms. The molecule has 1 aromatic carbocycles. The van der Waals surface area contributed by atoms with E-state index in [2.05, 4.69) is 5.32 Å². The second kappa shape index (κ2) is 6.54. The van der Waals surface area contributed by atoms with Gasteiger partial charge in [0, 0.05) is 0 Å². The van der Waals surface area contributed by atoms with Gasteiger partial charge in [-0.2, -0.15) is 0 Å². The summed E-state index contributed by atoms with van der Waals surface area (Å²) >= 11 is 7.20. The minimum atomic E-state index is -0.763. The molecule has 0 saturated heterocycles. The Labute approximate surface area is 125 Å². The number of nitrogens with one attached hydrogen (secondary N) is 1. The third-order valence-electron chi connectivity index (χ3n) is 2.49. The molecule has 1 unspecified atom stereocenters. The van der Waals surface area contributed by atoms with E-state index >= 15 is 0 Å². The van der Waals surface area contributed by atoms with Crippen molar-refractivity contribution in [2.45, 2.75) is 13.0 Å². The molecule has 4 nitrogen and oxygen atoms in total. The van der Waals surface area contributed by atoms with Gasteiger partial charge in [-0.05, 0) is 30.5 Å². The van der Waals surface area contributed by atoms with Crippen LogP contribution in [0.3, 0.4) is 0 Å². The van der Waals surface area contributed by atoms with Gasteiger partial charge >= 0.3 is 5.97 Å². The van der Waals surface area contributed by atoms with Crippen LogP contribution in [0, 0.1) is 0 Å². The maximum Gasteiger partial charge on any atom is 0.333 e. The Kier molecular flexibility index (Phi) is 4.76. The average Bonchev–Trinajstić information content (AvgIpc) is 2.95. The summed E-state index contributed by atoms with van der Waals surface area (Å²) < 4.78 is 5.14. The number of thiophene rings is 1. The Morgan fingerprint density at radius 1 is 1.25 bits per heavy atom. The van der Waals surface area contributed by atoms with Gasteiger partial charge in [0.2, 0.25) is 0 Å². The van der Waals surface area contributed by atoms with Crippen LogP contribution in [0.15, 0.2) is 41.8 Å². The molecule has 0 aliphatic heterocycles. The van der Waals surface area contributed by atoms with Gasteiger partial charge < -0.3 is 10.1 Å². The van der Waals surface area contributed by atoms with Crippen molar-refractivity contribution in [3.63, 3.8) is 0 Å². The van der Waals surface area contributed by atoms with Crippen LogP contribution >= 0.6 is 22.9 Å². The Morgan fingerprint density at radius 3 is 2.65 bits per heavy atom. The first-order valence-electron chi connectivity index (χ1n) is 5.88. The molecule has 0 fully saturated rings. The normalized spacial score (nSPS) is 11.7. The van der Waals surface area contributed by atoms with Crippen molar-refractivity contribution < 1.29 is 14.3 Å². The van der Waals surface area contributed by atoms with Crippen LogP contribution in [-0.4, -0.2) is 17.9 Å². The molecule has 6 heteroatoms. The van der Waals surface area contributed by atoms with Crippen LogP contribution in [0.25, 0.3) is 0 Å². The number of hydrogen-bond acceptors (Lipinski definition) is 4. The molecular weight excluding hydrogens is 298 g/mol. The molecular formula is C14H12ClNO3S. The second-order valence-corrected chi connectivity index (χ2v) is 5.38. The third kappa shape index (κ3) is 3.59. The first kappa shape index (κ1) is 14.6. The molecule has 0 aliphatic rings. The third-order valence-corrected chi connectivity index (χ3v) is 3.67. The monoisotopic (exact) mass is 309 g/mol. The van der Waals surface area contributed by atoms with Gasteiger partial charge in [-0.3, -0.25) is 4.79 Å². The molecule has 0 aliphatic carbocycles. The number of ether oxygens (including phenoxy) is 1.